The summed E-state index contributed by atoms with van der Waals surface area (Å²) in [6.07, 6.45) is 1.41. The minimum Gasteiger partial charge on any atom is -0.394 e. The number of pyridine rings is 1. The number of aliphatic hydroxyl groups is 1. The molecule has 0 spiro atoms. The second-order valence-corrected chi connectivity index (χ2v) is 6.75. The number of hydrogen-bond acceptors (Lipinski definition) is 5. The Labute approximate surface area is 108 Å². The van der Waals surface area contributed by atoms with Crippen LogP contribution in [0.25, 0.3) is 0 Å². The number of halogens is 1. The van der Waals surface area contributed by atoms with Gasteiger partial charge in [-0.1, -0.05) is 0 Å². The largest absolute Gasteiger partial charge is 0.394 e. The Bertz CT molecular complexity index is 516. The molecule has 0 amide bonds. The molecule has 1 aromatic rings. The maximum Gasteiger partial charge on any atom is 0.244 e. The molecule has 0 aliphatic rings. The predicted octanol–water partition coefficient (Wildman–Crippen LogP) is 0.476. The summed E-state index contributed by atoms with van der Waals surface area (Å²) in [7, 11) is -3.81. The van der Waals surface area contributed by atoms with Crippen molar-refractivity contribution in [3.8, 4) is 0 Å². The van der Waals surface area contributed by atoms with E-state index in [1.165, 1.54) is 12.3 Å². The summed E-state index contributed by atoms with van der Waals surface area (Å²) in [5, 5.41) is 9.05. The first-order valence-corrected chi connectivity index (χ1v) is 7.01. The molecule has 96 valence electrons. The SMILES string of the molecule is CC(C)(CO)NS(=O)(=O)c1cc(Br)cnc1N. The van der Waals surface area contributed by atoms with Gasteiger partial charge in [0.2, 0.25) is 10.0 Å². The number of hydrogen-bond donors (Lipinski definition) is 3. The third-order valence-corrected chi connectivity index (χ3v) is 4.10. The molecule has 0 unspecified atom stereocenters. The highest BCUT2D eigenvalue weighted by Gasteiger charge is 2.27. The van der Waals surface area contributed by atoms with Crippen LogP contribution in [0.1, 0.15) is 13.8 Å². The van der Waals surface area contributed by atoms with Crippen LogP contribution < -0.4 is 10.5 Å². The van der Waals surface area contributed by atoms with Crippen LogP contribution in [0.15, 0.2) is 21.6 Å². The first kappa shape index (κ1) is 14.4. The summed E-state index contributed by atoms with van der Waals surface area (Å²) in [4.78, 5) is 3.63. The molecule has 0 aliphatic heterocycles. The third-order valence-electron chi connectivity index (χ3n) is 1.94. The first-order chi connectivity index (χ1) is 7.68. The minimum atomic E-state index is -3.81. The van der Waals surface area contributed by atoms with Gasteiger partial charge in [-0.25, -0.2) is 18.1 Å². The van der Waals surface area contributed by atoms with Crippen LogP contribution in [0.2, 0.25) is 0 Å². The fourth-order valence-electron chi connectivity index (χ4n) is 1.10. The van der Waals surface area contributed by atoms with E-state index in [0.29, 0.717) is 4.47 Å². The lowest BCUT2D eigenvalue weighted by molar-refractivity contribution is 0.208. The summed E-state index contributed by atoms with van der Waals surface area (Å²) < 4.78 is 26.9. The molecule has 1 rings (SSSR count). The number of nitrogens with two attached hydrogens (primary N) is 1. The molecule has 0 saturated carbocycles. The average Bonchev–Trinajstić information content (AvgIpc) is 2.20. The number of aliphatic hydroxyl groups excluding tert-OH is 1. The van der Waals surface area contributed by atoms with Crippen LogP contribution in [0, 0.1) is 0 Å². The van der Waals surface area contributed by atoms with Gasteiger partial charge in [0.15, 0.2) is 0 Å². The molecule has 6 nitrogen and oxygen atoms in total. The van der Waals surface area contributed by atoms with Crippen molar-refractivity contribution in [2.45, 2.75) is 24.3 Å². The van der Waals surface area contributed by atoms with Crippen LogP contribution in [0.3, 0.4) is 0 Å². The zero-order valence-electron chi connectivity index (χ0n) is 9.44. The van der Waals surface area contributed by atoms with E-state index >= 15 is 0 Å². The number of nitrogens with one attached hydrogen (secondary N) is 1. The fourth-order valence-corrected chi connectivity index (χ4v) is 3.09. The summed E-state index contributed by atoms with van der Waals surface area (Å²) in [5.74, 6) is -0.0885. The highest BCUT2D eigenvalue weighted by atomic mass is 79.9. The summed E-state index contributed by atoms with van der Waals surface area (Å²) in [6.45, 7) is 2.80. The van der Waals surface area contributed by atoms with Crippen molar-refractivity contribution in [2.24, 2.45) is 0 Å². The van der Waals surface area contributed by atoms with Crippen LogP contribution >= 0.6 is 15.9 Å². The summed E-state index contributed by atoms with van der Waals surface area (Å²) in [6, 6.07) is 1.36. The van der Waals surface area contributed by atoms with Gasteiger partial charge >= 0.3 is 0 Å². The van der Waals surface area contributed by atoms with Crippen molar-refractivity contribution in [1.82, 2.24) is 9.71 Å². The maximum absolute atomic E-state index is 12.0. The number of rotatable bonds is 4. The summed E-state index contributed by atoms with van der Waals surface area (Å²) in [5.41, 5.74) is 4.56. The Morgan fingerprint density at radius 1 is 1.59 bits per heavy atom. The lowest BCUT2D eigenvalue weighted by Gasteiger charge is -2.23. The van der Waals surface area contributed by atoms with E-state index in [2.05, 4.69) is 25.6 Å². The smallest absolute Gasteiger partial charge is 0.244 e. The van der Waals surface area contributed by atoms with Gasteiger partial charge in [-0.2, -0.15) is 0 Å². The molecule has 0 aliphatic carbocycles. The van der Waals surface area contributed by atoms with Crippen molar-refractivity contribution in [3.63, 3.8) is 0 Å². The van der Waals surface area contributed by atoms with E-state index in [1.807, 2.05) is 0 Å². The zero-order valence-corrected chi connectivity index (χ0v) is 11.8. The van der Waals surface area contributed by atoms with Crippen LogP contribution in [-0.4, -0.2) is 30.7 Å². The maximum atomic E-state index is 12.0. The van der Waals surface area contributed by atoms with E-state index in [0.717, 1.165) is 0 Å². The molecule has 0 bridgehead atoms. The van der Waals surface area contributed by atoms with Gasteiger partial charge < -0.3 is 10.8 Å². The molecule has 0 atom stereocenters. The molecule has 0 fully saturated rings. The topological polar surface area (TPSA) is 105 Å². The molecule has 17 heavy (non-hydrogen) atoms. The number of nitrogens with zero attached hydrogens (tertiary/aromatic N) is 1. The monoisotopic (exact) mass is 323 g/mol. The Kier molecular flexibility index (Phi) is 4.13. The van der Waals surface area contributed by atoms with Crippen molar-refractivity contribution in [1.29, 1.82) is 0 Å². The third kappa shape index (κ3) is 3.63. The van der Waals surface area contributed by atoms with Gasteiger partial charge in [0.1, 0.15) is 10.7 Å². The second-order valence-electron chi connectivity index (χ2n) is 4.18. The average molecular weight is 324 g/mol. The normalized spacial score (nSPS) is 12.7. The molecule has 1 aromatic heterocycles. The molecule has 0 aromatic carbocycles. The van der Waals surface area contributed by atoms with Crippen molar-refractivity contribution < 1.29 is 13.5 Å². The number of nitrogen functional groups attached to an aromatic ring is 1. The standard InChI is InChI=1S/C9H14BrN3O3S/c1-9(2,5-14)13-17(15,16)7-3-6(10)4-12-8(7)11/h3-4,13-14H,5H2,1-2H3,(H2,11,12). The lowest BCUT2D eigenvalue weighted by Crippen LogP contribution is -2.46. The van der Waals surface area contributed by atoms with Gasteiger partial charge in [-0.15, -0.1) is 0 Å². The van der Waals surface area contributed by atoms with Gasteiger partial charge in [0, 0.05) is 10.7 Å². The molecule has 1 heterocycles. The zero-order chi connectivity index (χ0) is 13.3. The van der Waals surface area contributed by atoms with Crippen molar-refractivity contribution >= 4 is 31.8 Å². The quantitative estimate of drug-likeness (QED) is 0.747. The van der Waals surface area contributed by atoms with Gasteiger partial charge in [-0.05, 0) is 35.8 Å². The van der Waals surface area contributed by atoms with Crippen LogP contribution in [0.4, 0.5) is 5.82 Å². The van der Waals surface area contributed by atoms with Crippen LogP contribution in [0.5, 0.6) is 0 Å². The van der Waals surface area contributed by atoms with E-state index in [4.69, 9.17) is 10.8 Å². The van der Waals surface area contributed by atoms with E-state index in [9.17, 15) is 8.42 Å². The lowest BCUT2D eigenvalue weighted by atomic mass is 10.1. The Morgan fingerprint density at radius 3 is 2.71 bits per heavy atom. The van der Waals surface area contributed by atoms with Gasteiger partial charge in [0.25, 0.3) is 0 Å². The predicted molar refractivity (Wildman–Crippen MR) is 67.8 cm³/mol. The molecule has 0 saturated heterocycles. The fraction of sp³-hybridized carbons (Fsp3) is 0.444. The second kappa shape index (κ2) is 4.89. The minimum absolute atomic E-state index is 0.0885. The van der Waals surface area contributed by atoms with Gasteiger partial charge in [-0.3, -0.25) is 0 Å². The Morgan fingerprint density at radius 2 is 2.18 bits per heavy atom. The summed E-state index contributed by atoms with van der Waals surface area (Å²) >= 11 is 3.13. The first-order valence-electron chi connectivity index (χ1n) is 4.74. The van der Waals surface area contributed by atoms with Crippen molar-refractivity contribution in [3.05, 3.63) is 16.7 Å². The van der Waals surface area contributed by atoms with Crippen molar-refractivity contribution in [2.75, 3.05) is 12.3 Å². The number of sulfonamides is 1. The highest BCUT2D eigenvalue weighted by molar-refractivity contribution is 9.10. The van der Waals surface area contributed by atoms with E-state index in [-0.39, 0.29) is 17.3 Å². The van der Waals surface area contributed by atoms with Crippen LogP contribution in [-0.2, 0) is 10.0 Å². The number of anilines is 1. The van der Waals surface area contributed by atoms with E-state index < -0.39 is 15.6 Å². The Hall–Kier alpha value is -0.700. The molecule has 0 radical (unpaired) electrons. The molecule has 8 heteroatoms. The Balaban J connectivity index is 3.18. The molecule has 4 N–H and O–H groups in total. The highest BCUT2D eigenvalue weighted by Crippen LogP contribution is 2.21. The molecular formula is C9H14BrN3O3S. The van der Waals surface area contributed by atoms with Gasteiger partial charge in [0.05, 0.1) is 12.1 Å². The molecular weight excluding hydrogens is 310 g/mol. The number of aromatic nitrogens is 1. The van der Waals surface area contributed by atoms with E-state index in [1.54, 1.807) is 13.8 Å².